The van der Waals surface area contributed by atoms with Crippen LogP contribution in [0.4, 0.5) is 0 Å². The lowest BCUT2D eigenvalue weighted by molar-refractivity contribution is 0.554. The topological polar surface area (TPSA) is 58.2 Å². The summed E-state index contributed by atoms with van der Waals surface area (Å²) in [6.45, 7) is 7.89. The molecule has 1 aromatic carbocycles. The van der Waals surface area contributed by atoms with Gasteiger partial charge < -0.3 is 5.32 Å². The van der Waals surface area contributed by atoms with E-state index in [0.29, 0.717) is 0 Å². The number of sulfonamides is 1. The van der Waals surface area contributed by atoms with Gasteiger partial charge in [0.1, 0.15) is 0 Å². The SMILES string of the molecule is CCNCc1cccc(CS(=O)(=O)NC2CC2(C)C)c1. The van der Waals surface area contributed by atoms with E-state index in [2.05, 4.69) is 30.8 Å². The molecule has 0 bridgehead atoms. The molecule has 1 aromatic rings. The maximum atomic E-state index is 12.1. The van der Waals surface area contributed by atoms with E-state index in [0.717, 1.165) is 30.6 Å². The molecule has 1 fully saturated rings. The molecule has 0 aromatic heterocycles. The Kier molecular flexibility index (Phi) is 4.52. The zero-order valence-corrected chi connectivity index (χ0v) is 13.3. The van der Waals surface area contributed by atoms with Crippen LogP contribution < -0.4 is 10.0 Å². The van der Waals surface area contributed by atoms with Crippen molar-refractivity contribution in [2.45, 2.75) is 45.5 Å². The van der Waals surface area contributed by atoms with Crippen LogP contribution in [0.3, 0.4) is 0 Å². The van der Waals surface area contributed by atoms with Gasteiger partial charge in [-0.1, -0.05) is 45.0 Å². The fraction of sp³-hybridized carbons (Fsp3) is 0.600. The largest absolute Gasteiger partial charge is 0.313 e. The highest BCUT2D eigenvalue weighted by Crippen LogP contribution is 2.45. The van der Waals surface area contributed by atoms with E-state index in [1.165, 1.54) is 0 Å². The molecule has 1 atom stereocenters. The van der Waals surface area contributed by atoms with Crippen molar-refractivity contribution < 1.29 is 8.42 Å². The van der Waals surface area contributed by atoms with E-state index in [1.807, 2.05) is 24.3 Å². The van der Waals surface area contributed by atoms with Crippen LogP contribution in [-0.4, -0.2) is 21.0 Å². The normalized spacial score (nSPS) is 20.9. The Morgan fingerprint density at radius 3 is 2.55 bits per heavy atom. The third-order valence-corrected chi connectivity index (χ3v) is 5.12. The second-order valence-electron chi connectivity index (χ2n) is 6.22. The zero-order chi connectivity index (χ0) is 14.8. The highest BCUT2D eigenvalue weighted by Gasteiger charge is 2.47. The summed E-state index contributed by atoms with van der Waals surface area (Å²) < 4.78 is 27.1. The minimum Gasteiger partial charge on any atom is -0.313 e. The van der Waals surface area contributed by atoms with Crippen LogP contribution in [0.2, 0.25) is 0 Å². The van der Waals surface area contributed by atoms with E-state index >= 15 is 0 Å². The maximum absolute atomic E-state index is 12.1. The fourth-order valence-corrected chi connectivity index (χ4v) is 3.78. The smallest absolute Gasteiger partial charge is 0.216 e. The van der Waals surface area contributed by atoms with Gasteiger partial charge in [0.05, 0.1) is 5.75 Å². The van der Waals surface area contributed by atoms with Gasteiger partial charge in [-0.3, -0.25) is 0 Å². The molecule has 2 rings (SSSR count). The summed E-state index contributed by atoms with van der Waals surface area (Å²) in [5.41, 5.74) is 2.07. The van der Waals surface area contributed by atoms with Crippen LogP contribution in [0.25, 0.3) is 0 Å². The summed E-state index contributed by atoms with van der Waals surface area (Å²) in [5.74, 6) is 0.0551. The van der Waals surface area contributed by atoms with E-state index in [9.17, 15) is 8.42 Å². The third-order valence-electron chi connectivity index (χ3n) is 3.76. The van der Waals surface area contributed by atoms with Gasteiger partial charge in [-0.2, -0.15) is 0 Å². The molecule has 5 heteroatoms. The van der Waals surface area contributed by atoms with Crippen LogP contribution in [-0.2, 0) is 22.3 Å². The monoisotopic (exact) mass is 296 g/mol. The molecular formula is C15H24N2O2S. The molecule has 112 valence electrons. The Balaban J connectivity index is 1.98. The summed E-state index contributed by atoms with van der Waals surface area (Å²) >= 11 is 0. The van der Waals surface area contributed by atoms with Gasteiger partial charge in [0.25, 0.3) is 0 Å². The molecular weight excluding hydrogens is 272 g/mol. The molecule has 0 amide bonds. The first-order chi connectivity index (χ1) is 9.32. The molecule has 1 unspecified atom stereocenters. The summed E-state index contributed by atoms with van der Waals surface area (Å²) in [6, 6.07) is 7.85. The summed E-state index contributed by atoms with van der Waals surface area (Å²) in [5, 5.41) is 3.24. The quantitative estimate of drug-likeness (QED) is 0.809. The lowest BCUT2D eigenvalue weighted by Crippen LogP contribution is -2.29. The van der Waals surface area contributed by atoms with Crippen molar-refractivity contribution in [3.63, 3.8) is 0 Å². The van der Waals surface area contributed by atoms with Gasteiger partial charge in [-0.25, -0.2) is 13.1 Å². The second-order valence-corrected chi connectivity index (χ2v) is 7.98. The van der Waals surface area contributed by atoms with E-state index in [4.69, 9.17) is 0 Å². The molecule has 2 N–H and O–H groups in total. The molecule has 20 heavy (non-hydrogen) atoms. The predicted molar refractivity (Wildman–Crippen MR) is 81.8 cm³/mol. The highest BCUT2D eigenvalue weighted by atomic mass is 32.2. The van der Waals surface area contributed by atoms with E-state index in [1.54, 1.807) is 0 Å². The van der Waals surface area contributed by atoms with Crippen molar-refractivity contribution >= 4 is 10.0 Å². The van der Waals surface area contributed by atoms with Crippen molar-refractivity contribution in [3.8, 4) is 0 Å². The Morgan fingerprint density at radius 2 is 1.95 bits per heavy atom. The standard InChI is InChI=1S/C15H24N2O2S/c1-4-16-10-12-6-5-7-13(8-12)11-20(18,19)17-14-9-15(14,2)3/h5-8,14,16-17H,4,9-11H2,1-3H3. The number of rotatable bonds is 7. The van der Waals surface area contributed by atoms with Gasteiger partial charge in [0.15, 0.2) is 0 Å². The first kappa shape index (κ1) is 15.5. The van der Waals surface area contributed by atoms with Gasteiger partial charge in [0, 0.05) is 12.6 Å². The summed E-state index contributed by atoms with van der Waals surface area (Å²) in [6.07, 6.45) is 0.923. The number of nitrogens with one attached hydrogen (secondary N) is 2. The molecule has 1 aliphatic carbocycles. The van der Waals surface area contributed by atoms with Crippen LogP contribution in [0, 0.1) is 5.41 Å². The summed E-state index contributed by atoms with van der Waals surface area (Å²) in [4.78, 5) is 0. The minimum absolute atomic E-state index is 0.0551. The Labute approximate surface area is 122 Å². The molecule has 0 saturated heterocycles. The molecule has 0 heterocycles. The molecule has 1 saturated carbocycles. The Hall–Kier alpha value is -0.910. The molecule has 0 aliphatic heterocycles. The lowest BCUT2D eigenvalue weighted by atomic mass is 10.1. The maximum Gasteiger partial charge on any atom is 0.216 e. The molecule has 0 spiro atoms. The Bertz CT molecular complexity index is 567. The predicted octanol–water partition coefficient (Wildman–Crippen LogP) is 2.01. The van der Waals surface area contributed by atoms with Crippen molar-refractivity contribution in [1.29, 1.82) is 0 Å². The average Bonchev–Trinajstić information content (AvgIpc) is 2.92. The first-order valence-corrected chi connectivity index (χ1v) is 8.76. The van der Waals surface area contributed by atoms with Crippen molar-refractivity contribution in [2.75, 3.05) is 6.54 Å². The number of benzene rings is 1. The van der Waals surface area contributed by atoms with E-state index in [-0.39, 0.29) is 17.2 Å². The fourth-order valence-electron chi connectivity index (χ4n) is 2.24. The second kappa shape index (κ2) is 5.84. The van der Waals surface area contributed by atoms with E-state index < -0.39 is 10.0 Å². The van der Waals surface area contributed by atoms with Gasteiger partial charge in [-0.15, -0.1) is 0 Å². The van der Waals surface area contributed by atoms with Crippen molar-refractivity contribution in [2.24, 2.45) is 5.41 Å². The van der Waals surface area contributed by atoms with Crippen LogP contribution in [0.5, 0.6) is 0 Å². The van der Waals surface area contributed by atoms with Gasteiger partial charge in [0.2, 0.25) is 10.0 Å². The number of hydrogen-bond donors (Lipinski definition) is 2. The molecule has 1 aliphatic rings. The third kappa shape index (κ3) is 4.30. The molecule has 0 radical (unpaired) electrons. The van der Waals surface area contributed by atoms with Crippen LogP contribution in [0.15, 0.2) is 24.3 Å². The highest BCUT2D eigenvalue weighted by molar-refractivity contribution is 7.88. The zero-order valence-electron chi connectivity index (χ0n) is 12.4. The first-order valence-electron chi connectivity index (χ1n) is 7.11. The Morgan fingerprint density at radius 1 is 1.30 bits per heavy atom. The lowest BCUT2D eigenvalue weighted by Gasteiger charge is -2.09. The summed E-state index contributed by atoms with van der Waals surface area (Å²) in [7, 11) is -3.25. The van der Waals surface area contributed by atoms with Crippen molar-refractivity contribution in [1.82, 2.24) is 10.0 Å². The van der Waals surface area contributed by atoms with Crippen molar-refractivity contribution in [3.05, 3.63) is 35.4 Å². The van der Waals surface area contributed by atoms with Gasteiger partial charge >= 0.3 is 0 Å². The van der Waals surface area contributed by atoms with Gasteiger partial charge in [-0.05, 0) is 29.5 Å². The minimum atomic E-state index is -3.25. The molecule has 4 nitrogen and oxygen atoms in total. The van der Waals surface area contributed by atoms with Crippen LogP contribution in [0.1, 0.15) is 38.3 Å². The van der Waals surface area contributed by atoms with Crippen LogP contribution >= 0.6 is 0 Å². The number of hydrogen-bond acceptors (Lipinski definition) is 3. The average molecular weight is 296 g/mol.